The van der Waals surface area contributed by atoms with Gasteiger partial charge in [-0.15, -0.1) is 10.2 Å². The quantitative estimate of drug-likeness (QED) is 0.866. The van der Waals surface area contributed by atoms with Gasteiger partial charge in [0.1, 0.15) is 10.8 Å². The van der Waals surface area contributed by atoms with Gasteiger partial charge in [0.15, 0.2) is 0 Å². The van der Waals surface area contributed by atoms with Gasteiger partial charge in [0.2, 0.25) is 5.13 Å². The maximum absolute atomic E-state index is 12.3. The molecule has 3 rings (SSSR count). The van der Waals surface area contributed by atoms with Crippen LogP contribution < -0.4 is 10.1 Å². The van der Waals surface area contributed by atoms with Gasteiger partial charge in [0.25, 0.3) is 0 Å². The molecule has 1 saturated heterocycles. The molecule has 1 atom stereocenters. The zero-order chi connectivity index (χ0) is 18.0. The van der Waals surface area contributed by atoms with Crippen LogP contribution in [-0.4, -0.2) is 52.4 Å². The first-order chi connectivity index (χ1) is 11.9. The highest BCUT2D eigenvalue weighted by molar-refractivity contribution is 7.18. The number of hydrogen-bond acceptors (Lipinski definition) is 6. The number of ether oxygens (including phenoxy) is 1. The third-order valence-electron chi connectivity index (χ3n) is 4.25. The number of hydrogen-bond donors (Lipinski definition) is 2. The largest absolute Gasteiger partial charge is 0.497 e. The van der Waals surface area contributed by atoms with Gasteiger partial charge in [-0.2, -0.15) is 0 Å². The molecule has 132 valence electrons. The molecule has 9 heteroatoms. The zero-order valence-corrected chi connectivity index (χ0v) is 14.7. The lowest BCUT2D eigenvalue weighted by Crippen LogP contribution is -2.37. The number of urea groups is 1. The number of methoxy groups -OCH3 is 1. The van der Waals surface area contributed by atoms with Crippen molar-refractivity contribution in [3.8, 4) is 16.3 Å². The normalized spacial score (nSPS) is 19.7. The van der Waals surface area contributed by atoms with Gasteiger partial charge in [-0.25, -0.2) is 4.79 Å². The van der Waals surface area contributed by atoms with Crippen LogP contribution in [0.1, 0.15) is 13.3 Å². The van der Waals surface area contributed by atoms with E-state index in [0.717, 1.165) is 11.3 Å². The number of rotatable bonds is 4. The number of nitrogens with one attached hydrogen (secondary N) is 1. The highest BCUT2D eigenvalue weighted by Crippen LogP contribution is 2.31. The minimum atomic E-state index is -0.896. The van der Waals surface area contributed by atoms with Crippen LogP contribution in [0.3, 0.4) is 0 Å². The second-order valence-electron chi connectivity index (χ2n) is 6.11. The lowest BCUT2D eigenvalue weighted by atomic mass is 9.90. The maximum atomic E-state index is 12.3. The van der Waals surface area contributed by atoms with Gasteiger partial charge in [0, 0.05) is 18.7 Å². The summed E-state index contributed by atoms with van der Waals surface area (Å²) in [6, 6.07) is 7.02. The number of carbonyl (C=O) groups excluding carboxylic acids is 1. The Morgan fingerprint density at radius 3 is 2.64 bits per heavy atom. The molecular formula is C16H18N4O4S. The summed E-state index contributed by atoms with van der Waals surface area (Å²) in [7, 11) is 1.60. The van der Waals surface area contributed by atoms with E-state index in [1.54, 1.807) is 14.0 Å². The van der Waals surface area contributed by atoms with Crippen molar-refractivity contribution in [1.82, 2.24) is 15.1 Å². The number of carboxylic acids is 1. The van der Waals surface area contributed by atoms with Crippen LogP contribution in [0, 0.1) is 5.41 Å². The van der Waals surface area contributed by atoms with Crippen LogP contribution in [-0.2, 0) is 4.79 Å². The second kappa shape index (κ2) is 6.67. The SMILES string of the molecule is COc1ccc(-c2nnc(NC(=O)N3CCC(C)(C(=O)O)C3)s2)cc1. The topological polar surface area (TPSA) is 105 Å². The number of amides is 2. The van der Waals surface area contributed by atoms with E-state index in [9.17, 15) is 14.7 Å². The molecular weight excluding hydrogens is 344 g/mol. The van der Waals surface area contributed by atoms with Crippen molar-refractivity contribution in [2.45, 2.75) is 13.3 Å². The summed E-state index contributed by atoms with van der Waals surface area (Å²) < 4.78 is 5.12. The van der Waals surface area contributed by atoms with Crippen molar-refractivity contribution in [3.05, 3.63) is 24.3 Å². The molecule has 2 heterocycles. The van der Waals surface area contributed by atoms with Crippen molar-refractivity contribution in [1.29, 1.82) is 0 Å². The maximum Gasteiger partial charge on any atom is 0.323 e. The zero-order valence-electron chi connectivity index (χ0n) is 13.9. The Morgan fingerprint density at radius 1 is 1.32 bits per heavy atom. The summed E-state index contributed by atoms with van der Waals surface area (Å²) in [4.78, 5) is 25.1. The average molecular weight is 362 g/mol. The molecule has 0 aliphatic carbocycles. The molecule has 1 fully saturated rings. The fourth-order valence-corrected chi connectivity index (χ4v) is 3.34. The molecule has 1 aliphatic rings. The standard InChI is InChI=1S/C16H18N4O4S/c1-16(13(21)22)7-8-20(9-16)15(23)17-14-19-18-12(25-14)10-3-5-11(24-2)6-4-10/h3-6H,7-9H2,1-2H3,(H,21,22)(H,17,19,23). The van der Waals surface area contributed by atoms with Crippen molar-refractivity contribution >= 4 is 28.5 Å². The first-order valence-corrected chi connectivity index (χ1v) is 8.50. The van der Waals surface area contributed by atoms with Gasteiger partial charge in [-0.1, -0.05) is 11.3 Å². The third-order valence-corrected chi connectivity index (χ3v) is 5.14. The van der Waals surface area contributed by atoms with Crippen LogP contribution in [0.2, 0.25) is 0 Å². The fourth-order valence-electron chi connectivity index (χ4n) is 2.60. The summed E-state index contributed by atoms with van der Waals surface area (Å²) in [5, 5.41) is 21.0. The van der Waals surface area contributed by atoms with E-state index in [2.05, 4.69) is 15.5 Å². The molecule has 1 unspecified atom stereocenters. The summed E-state index contributed by atoms with van der Waals surface area (Å²) in [6.45, 7) is 2.23. The number of aromatic nitrogens is 2. The number of benzene rings is 1. The van der Waals surface area contributed by atoms with Crippen molar-refractivity contribution < 1.29 is 19.4 Å². The monoisotopic (exact) mass is 362 g/mol. The number of likely N-dealkylation sites (tertiary alicyclic amines) is 1. The number of nitrogens with zero attached hydrogens (tertiary/aromatic N) is 3. The molecule has 2 N–H and O–H groups in total. The van der Waals surface area contributed by atoms with Crippen LogP contribution in [0.15, 0.2) is 24.3 Å². The Bertz CT molecular complexity index is 792. The van der Waals surface area contributed by atoms with E-state index in [1.807, 2.05) is 24.3 Å². The Labute approximate surface area is 148 Å². The van der Waals surface area contributed by atoms with Crippen LogP contribution in [0.5, 0.6) is 5.75 Å². The molecule has 0 bridgehead atoms. The summed E-state index contributed by atoms with van der Waals surface area (Å²) in [5.74, 6) is -0.141. The van der Waals surface area contributed by atoms with E-state index in [1.165, 1.54) is 16.2 Å². The number of carboxylic acid groups (broad SMARTS) is 1. The minimum Gasteiger partial charge on any atom is -0.497 e. The van der Waals surface area contributed by atoms with Gasteiger partial charge in [-0.3, -0.25) is 10.1 Å². The highest BCUT2D eigenvalue weighted by atomic mass is 32.1. The lowest BCUT2D eigenvalue weighted by Gasteiger charge is -2.19. The van der Waals surface area contributed by atoms with E-state index >= 15 is 0 Å². The van der Waals surface area contributed by atoms with Gasteiger partial charge >= 0.3 is 12.0 Å². The molecule has 1 aromatic heterocycles. The molecule has 25 heavy (non-hydrogen) atoms. The smallest absolute Gasteiger partial charge is 0.323 e. The molecule has 0 spiro atoms. The molecule has 2 amide bonds. The average Bonchev–Trinajstić information content (AvgIpc) is 3.23. The van der Waals surface area contributed by atoms with E-state index in [4.69, 9.17) is 4.74 Å². The van der Waals surface area contributed by atoms with E-state index < -0.39 is 11.4 Å². The second-order valence-corrected chi connectivity index (χ2v) is 7.09. The fraction of sp³-hybridized carbons (Fsp3) is 0.375. The molecule has 1 aliphatic heterocycles. The van der Waals surface area contributed by atoms with Crippen molar-refractivity contribution in [2.24, 2.45) is 5.41 Å². The van der Waals surface area contributed by atoms with Crippen molar-refractivity contribution in [2.75, 3.05) is 25.5 Å². The molecule has 8 nitrogen and oxygen atoms in total. The molecule has 0 radical (unpaired) electrons. The van der Waals surface area contributed by atoms with Crippen LogP contribution in [0.4, 0.5) is 9.93 Å². The minimum absolute atomic E-state index is 0.179. The first kappa shape index (κ1) is 17.2. The van der Waals surface area contributed by atoms with Crippen molar-refractivity contribution in [3.63, 3.8) is 0 Å². The van der Waals surface area contributed by atoms with Crippen LogP contribution in [0.25, 0.3) is 10.6 Å². The van der Waals surface area contributed by atoms with Crippen LogP contribution >= 0.6 is 11.3 Å². The lowest BCUT2D eigenvalue weighted by molar-refractivity contribution is -0.146. The number of aliphatic carboxylic acids is 1. The Kier molecular flexibility index (Phi) is 4.58. The Balaban J connectivity index is 1.65. The Morgan fingerprint density at radius 2 is 2.04 bits per heavy atom. The third kappa shape index (κ3) is 3.55. The number of anilines is 1. The molecule has 2 aromatic rings. The molecule has 1 aromatic carbocycles. The summed E-state index contributed by atoms with van der Waals surface area (Å²) in [6.07, 6.45) is 0.434. The number of carbonyl (C=O) groups is 2. The summed E-state index contributed by atoms with van der Waals surface area (Å²) in [5.41, 5.74) is -0.0226. The van der Waals surface area contributed by atoms with Gasteiger partial charge < -0.3 is 14.7 Å². The predicted molar refractivity (Wildman–Crippen MR) is 92.8 cm³/mol. The van der Waals surface area contributed by atoms with E-state index in [-0.39, 0.29) is 12.6 Å². The van der Waals surface area contributed by atoms with E-state index in [0.29, 0.717) is 23.1 Å². The predicted octanol–water partition coefficient (Wildman–Crippen LogP) is 2.54. The Hall–Kier alpha value is -2.68. The van der Waals surface area contributed by atoms with Gasteiger partial charge in [0.05, 0.1) is 12.5 Å². The molecule has 0 saturated carbocycles. The highest BCUT2D eigenvalue weighted by Gasteiger charge is 2.42. The first-order valence-electron chi connectivity index (χ1n) is 7.68. The van der Waals surface area contributed by atoms with Gasteiger partial charge in [-0.05, 0) is 37.6 Å². The summed E-state index contributed by atoms with van der Waals surface area (Å²) >= 11 is 1.25.